The molecule has 0 spiro atoms. The largest absolute Gasteiger partial charge is 0.351 e. The Bertz CT molecular complexity index is 1000. The second-order valence-electron chi connectivity index (χ2n) is 7.61. The van der Waals surface area contributed by atoms with Crippen molar-refractivity contribution < 1.29 is 9.18 Å². The van der Waals surface area contributed by atoms with Crippen molar-refractivity contribution in [1.29, 1.82) is 0 Å². The summed E-state index contributed by atoms with van der Waals surface area (Å²) >= 11 is 1.39. The summed E-state index contributed by atoms with van der Waals surface area (Å²) in [7, 11) is 0. The third-order valence-electron chi connectivity index (χ3n) is 5.30. The Morgan fingerprint density at radius 1 is 1.06 bits per heavy atom. The SMILES string of the molecule is CC(Sc1nnc(N2CCCCC2)n1-c1ccccc1)C(=O)NCc1ccc(F)cc1. The number of amides is 1. The van der Waals surface area contributed by atoms with E-state index < -0.39 is 0 Å². The molecule has 0 saturated carbocycles. The first-order chi connectivity index (χ1) is 15.1. The molecule has 0 bridgehead atoms. The normalized spacial score (nSPS) is 15.0. The zero-order chi connectivity index (χ0) is 21.6. The molecule has 8 heteroatoms. The molecule has 0 aliphatic carbocycles. The van der Waals surface area contributed by atoms with Gasteiger partial charge in [0, 0.05) is 19.6 Å². The van der Waals surface area contributed by atoms with Gasteiger partial charge in [-0.3, -0.25) is 9.36 Å². The molecule has 1 aromatic heterocycles. The molecule has 2 heterocycles. The van der Waals surface area contributed by atoms with Crippen molar-refractivity contribution in [3.05, 3.63) is 66.0 Å². The molecule has 1 saturated heterocycles. The summed E-state index contributed by atoms with van der Waals surface area (Å²) in [6.45, 7) is 4.14. The highest BCUT2D eigenvalue weighted by Crippen LogP contribution is 2.30. The highest BCUT2D eigenvalue weighted by Gasteiger charge is 2.24. The minimum Gasteiger partial charge on any atom is -0.351 e. The lowest BCUT2D eigenvalue weighted by molar-refractivity contribution is -0.120. The molecule has 6 nitrogen and oxygen atoms in total. The summed E-state index contributed by atoms with van der Waals surface area (Å²) in [6.07, 6.45) is 3.53. The molecule has 1 atom stereocenters. The summed E-state index contributed by atoms with van der Waals surface area (Å²) < 4.78 is 15.1. The van der Waals surface area contributed by atoms with E-state index in [1.807, 2.05) is 41.8 Å². The lowest BCUT2D eigenvalue weighted by Crippen LogP contribution is -2.32. The molecular formula is C23H26FN5OS. The number of aromatic nitrogens is 3. The fraction of sp³-hybridized carbons (Fsp3) is 0.348. The van der Waals surface area contributed by atoms with Crippen molar-refractivity contribution in [2.24, 2.45) is 0 Å². The number of nitrogens with zero attached hydrogens (tertiary/aromatic N) is 4. The number of thioether (sulfide) groups is 1. The van der Waals surface area contributed by atoms with Gasteiger partial charge in [-0.25, -0.2) is 4.39 Å². The summed E-state index contributed by atoms with van der Waals surface area (Å²) in [5.41, 5.74) is 1.83. The van der Waals surface area contributed by atoms with Gasteiger partial charge >= 0.3 is 0 Å². The number of para-hydroxylation sites is 1. The van der Waals surface area contributed by atoms with E-state index in [1.165, 1.54) is 30.3 Å². The Morgan fingerprint density at radius 3 is 2.48 bits per heavy atom. The van der Waals surface area contributed by atoms with Gasteiger partial charge in [0.1, 0.15) is 5.82 Å². The van der Waals surface area contributed by atoms with E-state index in [2.05, 4.69) is 20.4 Å². The van der Waals surface area contributed by atoms with Gasteiger partial charge < -0.3 is 10.2 Å². The van der Waals surface area contributed by atoms with Crippen LogP contribution in [0.4, 0.5) is 10.3 Å². The number of hydrogen-bond acceptors (Lipinski definition) is 5. The Morgan fingerprint density at radius 2 is 1.77 bits per heavy atom. The van der Waals surface area contributed by atoms with Gasteiger partial charge in [-0.1, -0.05) is 42.1 Å². The zero-order valence-electron chi connectivity index (χ0n) is 17.5. The topological polar surface area (TPSA) is 63.1 Å². The minimum atomic E-state index is -0.360. The van der Waals surface area contributed by atoms with Crippen LogP contribution in [-0.4, -0.2) is 39.0 Å². The van der Waals surface area contributed by atoms with Gasteiger partial charge in [-0.05, 0) is 56.0 Å². The second-order valence-corrected chi connectivity index (χ2v) is 8.91. The van der Waals surface area contributed by atoms with Gasteiger partial charge in [0.2, 0.25) is 11.9 Å². The van der Waals surface area contributed by atoms with Gasteiger partial charge in [-0.15, -0.1) is 10.2 Å². The summed E-state index contributed by atoms with van der Waals surface area (Å²) in [6, 6.07) is 16.1. The Balaban J connectivity index is 1.49. The predicted molar refractivity (Wildman–Crippen MR) is 121 cm³/mol. The molecule has 4 rings (SSSR count). The van der Waals surface area contributed by atoms with Crippen LogP contribution in [-0.2, 0) is 11.3 Å². The standard InChI is InChI=1S/C23H26FN5OS/c1-17(21(30)25-16-18-10-12-19(24)13-11-18)31-23-27-26-22(28-14-6-3-7-15-28)29(23)20-8-4-2-5-9-20/h2,4-5,8-13,17H,3,6-7,14-16H2,1H3,(H,25,30). The van der Waals surface area contributed by atoms with E-state index in [0.29, 0.717) is 11.7 Å². The highest BCUT2D eigenvalue weighted by atomic mass is 32.2. The molecule has 1 aliphatic rings. The Kier molecular flexibility index (Phi) is 6.86. The number of carbonyl (C=O) groups is 1. The molecule has 1 aliphatic heterocycles. The number of piperidine rings is 1. The van der Waals surface area contributed by atoms with Crippen LogP contribution in [0.25, 0.3) is 5.69 Å². The van der Waals surface area contributed by atoms with Gasteiger partial charge in [0.25, 0.3) is 0 Å². The summed E-state index contributed by atoms with van der Waals surface area (Å²) in [5.74, 6) is 0.438. The van der Waals surface area contributed by atoms with E-state index in [4.69, 9.17) is 0 Å². The third kappa shape index (κ3) is 5.25. The lowest BCUT2D eigenvalue weighted by atomic mass is 10.1. The summed E-state index contributed by atoms with van der Waals surface area (Å²) in [5, 5.41) is 12.2. The smallest absolute Gasteiger partial charge is 0.233 e. The van der Waals surface area contributed by atoms with Crippen molar-refractivity contribution in [2.75, 3.05) is 18.0 Å². The number of carbonyl (C=O) groups excluding carboxylic acids is 1. The van der Waals surface area contributed by atoms with E-state index in [0.717, 1.165) is 43.1 Å². The van der Waals surface area contributed by atoms with Crippen LogP contribution in [0.15, 0.2) is 59.8 Å². The van der Waals surface area contributed by atoms with Crippen molar-refractivity contribution in [1.82, 2.24) is 20.1 Å². The molecular weight excluding hydrogens is 413 g/mol. The van der Waals surface area contributed by atoms with Gasteiger partial charge in [0.15, 0.2) is 5.16 Å². The van der Waals surface area contributed by atoms with E-state index in [1.54, 1.807) is 12.1 Å². The number of halogens is 1. The van der Waals surface area contributed by atoms with Crippen LogP contribution in [0.5, 0.6) is 0 Å². The maximum Gasteiger partial charge on any atom is 0.233 e. The molecule has 1 amide bonds. The molecule has 0 radical (unpaired) electrons. The van der Waals surface area contributed by atoms with Gasteiger partial charge in [-0.2, -0.15) is 0 Å². The quantitative estimate of drug-likeness (QED) is 0.559. The Labute approximate surface area is 185 Å². The minimum absolute atomic E-state index is 0.101. The van der Waals surface area contributed by atoms with E-state index >= 15 is 0 Å². The molecule has 31 heavy (non-hydrogen) atoms. The number of benzene rings is 2. The van der Waals surface area contributed by atoms with Gasteiger partial charge in [0.05, 0.1) is 10.9 Å². The fourth-order valence-electron chi connectivity index (χ4n) is 3.59. The molecule has 1 unspecified atom stereocenters. The maximum atomic E-state index is 13.1. The number of rotatable bonds is 7. The molecule has 1 fully saturated rings. The maximum absolute atomic E-state index is 13.1. The Hall–Kier alpha value is -2.87. The average molecular weight is 440 g/mol. The molecule has 2 aromatic carbocycles. The average Bonchev–Trinajstić information content (AvgIpc) is 3.23. The lowest BCUT2D eigenvalue weighted by Gasteiger charge is -2.28. The zero-order valence-corrected chi connectivity index (χ0v) is 18.3. The van der Waals surface area contributed by atoms with Crippen molar-refractivity contribution in [3.8, 4) is 5.69 Å². The predicted octanol–water partition coefficient (Wildman–Crippen LogP) is 4.19. The van der Waals surface area contributed by atoms with Crippen molar-refractivity contribution in [2.45, 2.75) is 43.1 Å². The summed E-state index contributed by atoms with van der Waals surface area (Å²) in [4.78, 5) is 14.9. The number of anilines is 1. The van der Waals surface area contributed by atoms with Crippen LogP contribution < -0.4 is 10.2 Å². The number of nitrogens with one attached hydrogen (secondary N) is 1. The van der Waals surface area contributed by atoms with E-state index in [9.17, 15) is 9.18 Å². The van der Waals surface area contributed by atoms with Crippen LogP contribution in [0.1, 0.15) is 31.7 Å². The fourth-order valence-corrected chi connectivity index (χ4v) is 4.47. The van der Waals surface area contributed by atoms with Crippen molar-refractivity contribution in [3.63, 3.8) is 0 Å². The first kappa shape index (κ1) is 21.4. The van der Waals surface area contributed by atoms with Crippen LogP contribution >= 0.6 is 11.8 Å². The van der Waals surface area contributed by atoms with Crippen LogP contribution in [0, 0.1) is 5.82 Å². The first-order valence-electron chi connectivity index (χ1n) is 10.6. The molecule has 162 valence electrons. The molecule has 3 aromatic rings. The second kappa shape index (κ2) is 9.96. The number of hydrogen-bond donors (Lipinski definition) is 1. The highest BCUT2D eigenvalue weighted by molar-refractivity contribution is 8.00. The third-order valence-corrected chi connectivity index (χ3v) is 6.34. The first-order valence-corrected chi connectivity index (χ1v) is 11.4. The van der Waals surface area contributed by atoms with Crippen LogP contribution in [0.3, 0.4) is 0 Å². The van der Waals surface area contributed by atoms with Crippen molar-refractivity contribution >= 4 is 23.6 Å². The monoisotopic (exact) mass is 439 g/mol. The van der Waals surface area contributed by atoms with E-state index in [-0.39, 0.29) is 17.0 Å². The molecule has 1 N–H and O–H groups in total. The van der Waals surface area contributed by atoms with Crippen LogP contribution in [0.2, 0.25) is 0 Å².